The third-order valence-electron chi connectivity index (χ3n) is 1.88. The van der Waals surface area contributed by atoms with Crippen molar-refractivity contribution in [1.29, 1.82) is 0 Å². The molecule has 1 aromatic heterocycles. The van der Waals surface area contributed by atoms with E-state index in [1.165, 1.54) is 18.3 Å². The van der Waals surface area contributed by atoms with Crippen LogP contribution >= 0.6 is 0 Å². The number of nitrogens with zero attached hydrogens (tertiary/aromatic N) is 1. The van der Waals surface area contributed by atoms with Crippen LogP contribution < -0.4 is 0 Å². The summed E-state index contributed by atoms with van der Waals surface area (Å²) in [4.78, 5) is 3.82. The maximum absolute atomic E-state index is 12.9. The topological polar surface area (TPSA) is 33.1 Å². The van der Waals surface area contributed by atoms with Gasteiger partial charge in [-0.05, 0) is 23.8 Å². The van der Waals surface area contributed by atoms with Crippen molar-refractivity contribution in [3.63, 3.8) is 0 Å². The number of halogens is 1. The van der Waals surface area contributed by atoms with E-state index in [1.54, 1.807) is 24.4 Å². The second-order valence-electron chi connectivity index (χ2n) is 2.94. The van der Waals surface area contributed by atoms with E-state index in [2.05, 4.69) is 4.98 Å². The number of hydrogen-bond acceptors (Lipinski definition) is 2. The fourth-order valence-electron chi connectivity index (χ4n) is 1.25. The normalized spacial score (nSPS) is 10.1. The van der Waals surface area contributed by atoms with Crippen molar-refractivity contribution in [2.24, 2.45) is 0 Å². The van der Waals surface area contributed by atoms with Gasteiger partial charge in [-0.25, -0.2) is 4.39 Å². The molecule has 0 saturated heterocycles. The van der Waals surface area contributed by atoms with Crippen LogP contribution in [0.2, 0.25) is 0 Å². The number of pyridine rings is 1. The summed E-state index contributed by atoms with van der Waals surface area (Å²) in [6.45, 7) is 0. The third kappa shape index (κ3) is 1.71. The molecule has 1 aromatic carbocycles. The van der Waals surface area contributed by atoms with E-state index in [1.807, 2.05) is 0 Å². The molecule has 2 nitrogen and oxygen atoms in total. The van der Waals surface area contributed by atoms with Gasteiger partial charge in [0.15, 0.2) is 0 Å². The SMILES string of the molecule is Oc1cncc(-c2cccc(F)c2)c1. The summed E-state index contributed by atoms with van der Waals surface area (Å²) < 4.78 is 12.9. The van der Waals surface area contributed by atoms with E-state index in [0.29, 0.717) is 11.1 Å². The zero-order chi connectivity index (χ0) is 9.97. The molecule has 3 heteroatoms. The van der Waals surface area contributed by atoms with Gasteiger partial charge < -0.3 is 5.11 Å². The zero-order valence-electron chi connectivity index (χ0n) is 7.31. The monoisotopic (exact) mass is 189 g/mol. The Bertz CT molecular complexity index is 413. The Balaban J connectivity index is 2.49. The lowest BCUT2D eigenvalue weighted by molar-refractivity contribution is 0.473. The fourth-order valence-corrected chi connectivity index (χ4v) is 1.25. The number of rotatable bonds is 1. The summed E-state index contributed by atoms with van der Waals surface area (Å²) in [5, 5.41) is 9.19. The lowest BCUT2D eigenvalue weighted by atomic mass is 10.1. The van der Waals surface area contributed by atoms with Crippen LogP contribution in [0.1, 0.15) is 0 Å². The highest BCUT2D eigenvalue weighted by molar-refractivity contribution is 5.63. The Labute approximate surface area is 80.7 Å². The average molecular weight is 189 g/mol. The first-order valence-electron chi connectivity index (χ1n) is 4.16. The average Bonchev–Trinajstić information content (AvgIpc) is 2.18. The van der Waals surface area contributed by atoms with Crippen molar-refractivity contribution in [3.05, 3.63) is 48.5 Å². The van der Waals surface area contributed by atoms with Crippen LogP contribution in [-0.4, -0.2) is 10.1 Å². The molecule has 0 amide bonds. The Morgan fingerprint density at radius 2 is 1.93 bits per heavy atom. The molecular formula is C11H8FNO. The van der Waals surface area contributed by atoms with Gasteiger partial charge in [0.2, 0.25) is 0 Å². The minimum absolute atomic E-state index is 0.0757. The highest BCUT2D eigenvalue weighted by Gasteiger charge is 2.00. The molecule has 1 N–H and O–H groups in total. The molecule has 0 fully saturated rings. The molecule has 1 heterocycles. The molecule has 0 aliphatic rings. The van der Waals surface area contributed by atoms with Crippen molar-refractivity contribution in [3.8, 4) is 16.9 Å². The molecular weight excluding hydrogens is 181 g/mol. The molecule has 2 aromatic rings. The first-order valence-corrected chi connectivity index (χ1v) is 4.16. The Hall–Kier alpha value is -1.90. The summed E-state index contributed by atoms with van der Waals surface area (Å²) >= 11 is 0. The van der Waals surface area contributed by atoms with Gasteiger partial charge in [0, 0.05) is 11.8 Å². The van der Waals surface area contributed by atoms with Crippen molar-refractivity contribution >= 4 is 0 Å². The van der Waals surface area contributed by atoms with Gasteiger partial charge in [0.1, 0.15) is 11.6 Å². The van der Waals surface area contributed by atoms with Gasteiger partial charge in [-0.15, -0.1) is 0 Å². The molecule has 2 rings (SSSR count). The minimum Gasteiger partial charge on any atom is -0.506 e. The molecule has 70 valence electrons. The molecule has 0 bridgehead atoms. The van der Waals surface area contributed by atoms with E-state index >= 15 is 0 Å². The fraction of sp³-hybridized carbons (Fsp3) is 0. The van der Waals surface area contributed by atoms with E-state index in [9.17, 15) is 9.50 Å². The van der Waals surface area contributed by atoms with Gasteiger partial charge >= 0.3 is 0 Å². The van der Waals surface area contributed by atoms with E-state index in [4.69, 9.17) is 0 Å². The van der Waals surface area contributed by atoms with Gasteiger partial charge in [-0.3, -0.25) is 4.98 Å². The quantitative estimate of drug-likeness (QED) is 0.747. The second kappa shape index (κ2) is 3.46. The van der Waals surface area contributed by atoms with Crippen LogP contribution in [0.15, 0.2) is 42.7 Å². The number of benzene rings is 1. The smallest absolute Gasteiger partial charge is 0.134 e. The lowest BCUT2D eigenvalue weighted by Gasteiger charge is -2.01. The maximum Gasteiger partial charge on any atom is 0.134 e. The highest BCUT2D eigenvalue weighted by atomic mass is 19.1. The summed E-state index contributed by atoms with van der Waals surface area (Å²) in [7, 11) is 0. The first kappa shape index (κ1) is 8.69. The molecule has 0 unspecified atom stereocenters. The number of aromatic hydroxyl groups is 1. The second-order valence-corrected chi connectivity index (χ2v) is 2.94. The summed E-state index contributed by atoms with van der Waals surface area (Å²) in [6, 6.07) is 7.70. The summed E-state index contributed by atoms with van der Waals surface area (Å²) in [6.07, 6.45) is 2.91. The van der Waals surface area contributed by atoms with Gasteiger partial charge in [0.25, 0.3) is 0 Å². The zero-order valence-corrected chi connectivity index (χ0v) is 7.31. The Morgan fingerprint density at radius 1 is 1.07 bits per heavy atom. The standard InChI is InChI=1S/C11H8FNO/c12-10-3-1-2-8(4-10)9-5-11(14)7-13-6-9/h1-7,14H. The van der Waals surface area contributed by atoms with Gasteiger partial charge in [-0.2, -0.15) is 0 Å². The minimum atomic E-state index is -0.300. The van der Waals surface area contributed by atoms with Gasteiger partial charge in [-0.1, -0.05) is 12.1 Å². The molecule has 0 atom stereocenters. The summed E-state index contributed by atoms with van der Waals surface area (Å²) in [5.41, 5.74) is 1.40. The largest absolute Gasteiger partial charge is 0.506 e. The highest BCUT2D eigenvalue weighted by Crippen LogP contribution is 2.22. The van der Waals surface area contributed by atoms with E-state index in [0.717, 1.165) is 0 Å². The van der Waals surface area contributed by atoms with Crippen LogP contribution in [0.25, 0.3) is 11.1 Å². The van der Waals surface area contributed by atoms with Crippen molar-refractivity contribution in [2.45, 2.75) is 0 Å². The maximum atomic E-state index is 12.9. The Kier molecular flexibility index (Phi) is 2.14. The van der Waals surface area contributed by atoms with Crippen molar-refractivity contribution < 1.29 is 9.50 Å². The van der Waals surface area contributed by atoms with Crippen LogP contribution in [0.4, 0.5) is 4.39 Å². The lowest BCUT2D eigenvalue weighted by Crippen LogP contribution is -1.81. The molecule has 0 aliphatic heterocycles. The first-order chi connectivity index (χ1) is 6.75. The molecule has 0 radical (unpaired) electrons. The number of aromatic nitrogens is 1. The number of hydrogen-bond donors (Lipinski definition) is 1. The van der Waals surface area contributed by atoms with Crippen LogP contribution in [0, 0.1) is 5.82 Å². The molecule has 0 spiro atoms. The predicted octanol–water partition coefficient (Wildman–Crippen LogP) is 2.59. The van der Waals surface area contributed by atoms with E-state index in [-0.39, 0.29) is 11.6 Å². The summed E-state index contributed by atoms with van der Waals surface area (Å²) in [5.74, 6) is -0.224. The Morgan fingerprint density at radius 3 is 2.64 bits per heavy atom. The van der Waals surface area contributed by atoms with Gasteiger partial charge in [0.05, 0.1) is 6.20 Å². The van der Waals surface area contributed by atoms with Crippen LogP contribution in [0.3, 0.4) is 0 Å². The van der Waals surface area contributed by atoms with Crippen molar-refractivity contribution in [2.75, 3.05) is 0 Å². The molecule has 0 aliphatic carbocycles. The molecule has 0 saturated carbocycles. The predicted molar refractivity (Wildman–Crippen MR) is 51.3 cm³/mol. The van der Waals surface area contributed by atoms with Crippen LogP contribution in [0.5, 0.6) is 5.75 Å². The molecule has 14 heavy (non-hydrogen) atoms. The third-order valence-corrected chi connectivity index (χ3v) is 1.88. The van der Waals surface area contributed by atoms with Crippen LogP contribution in [-0.2, 0) is 0 Å². The van der Waals surface area contributed by atoms with E-state index < -0.39 is 0 Å². The van der Waals surface area contributed by atoms with Crippen molar-refractivity contribution in [1.82, 2.24) is 4.98 Å².